The summed E-state index contributed by atoms with van der Waals surface area (Å²) in [5, 5.41) is 0. The van der Waals surface area contributed by atoms with Gasteiger partial charge in [-0.1, -0.05) is 0 Å². The van der Waals surface area contributed by atoms with Gasteiger partial charge in [0.05, 0.1) is 18.9 Å². The second-order valence-corrected chi connectivity index (χ2v) is 5.08. The van der Waals surface area contributed by atoms with Crippen molar-refractivity contribution in [3.63, 3.8) is 0 Å². The molecular formula is C11H10INO3. The molecule has 84 valence electrons. The van der Waals surface area contributed by atoms with E-state index in [0.717, 1.165) is 14.8 Å². The lowest BCUT2D eigenvalue weighted by Crippen LogP contribution is -2.39. The zero-order valence-electron chi connectivity index (χ0n) is 8.70. The maximum Gasteiger partial charge on any atom is 0.292 e. The Morgan fingerprint density at radius 3 is 2.75 bits per heavy atom. The van der Waals surface area contributed by atoms with E-state index in [4.69, 9.17) is 9.47 Å². The summed E-state index contributed by atoms with van der Waals surface area (Å²) in [6, 6.07) is 5.84. The minimum Gasteiger partial charge on any atom is -0.336 e. The van der Waals surface area contributed by atoms with Gasteiger partial charge in [-0.05, 0) is 40.8 Å². The third-order valence-electron chi connectivity index (χ3n) is 2.95. The van der Waals surface area contributed by atoms with Gasteiger partial charge in [-0.25, -0.2) is 0 Å². The average Bonchev–Trinajstić information content (AvgIpc) is 2.83. The summed E-state index contributed by atoms with van der Waals surface area (Å²) in [5.41, 5.74) is 1.69. The van der Waals surface area contributed by atoms with Crippen LogP contribution >= 0.6 is 22.6 Å². The predicted octanol–water partition coefficient (Wildman–Crippen LogP) is 1.47. The van der Waals surface area contributed by atoms with Gasteiger partial charge < -0.3 is 14.4 Å². The fraction of sp³-hybridized carbons (Fsp3) is 0.364. The van der Waals surface area contributed by atoms with E-state index in [1.165, 1.54) is 0 Å². The van der Waals surface area contributed by atoms with Crippen LogP contribution in [-0.4, -0.2) is 26.2 Å². The molecule has 1 aromatic rings. The molecule has 1 spiro atoms. The first-order valence-corrected chi connectivity index (χ1v) is 6.09. The van der Waals surface area contributed by atoms with Crippen LogP contribution in [0.15, 0.2) is 18.2 Å². The summed E-state index contributed by atoms with van der Waals surface area (Å²) < 4.78 is 12.2. The Hall–Kier alpha value is -0.660. The van der Waals surface area contributed by atoms with Crippen LogP contribution < -0.4 is 4.90 Å². The van der Waals surface area contributed by atoms with Crippen molar-refractivity contribution in [2.75, 3.05) is 25.2 Å². The van der Waals surface area contributed by atoms with Gasteiger partial charge in [0.2, 0.25) is 0 Å². The molecule has 1 saturated heterocycles. The SMILES string of the molecule is CN1C(=O)C2(OCCO2)c2cc(I)ccc21. The molecule has 0 bridgehead atoms. The number of carbonyl (C=O) groups excluding carboxylic acids is 1. The van der Waals surface area contributed by atoms with Gasteiger partial charge in [-0.3, -0.25) is 4.79 Å². The van der Waals surface area contributed by atoms with Crippen molar-refractivity contribution >= 4 is 34.2 Å². The average molecular weight is 331 g/mol. The van der Waals surface area contributed by atoms with E-state index in [9.17, 15) is 4.79 Å². The Labute approximate surface area is 107 Å². The van der Waals surface area contributed by atoms with Crippen molar-refractivity contribution in [1.82, 2.24) is 0 Å². The highest BCUT2D eigenvalue weighted by Crippen LogP contribution is 2.45. The quantitative estimate of drug-likeness (QED) is 0.676. The van der Waals surface area contributed by atoms with Crippen LogP contribution in [-0.2, 0) is 20.1 Å². The number of amides is 1. The minimum absolute atomic E-state index is 0.137. The van der Waals surface area contributed by atoms with E-state index in [1.807, 2.05) is 18.2 Å². The fourth-order valence-corrected chi connectivity index (χ4v) is 2.69. The van der Waals surface area contributed by atoms with Gasteiger partial charge in [-0.2, -0.15) is 0 Å². The highest BCUT2D eigenvalue weighted by atomic mass is 127. The molecular weight excluding hydrogens is 321 g/mol. The molecule has 0 unspecified atom stereocenters. The van der Waals surface area contributed by atoms with Gasteiger partial charge >= 0.3 is 0 Å². The summed E-state index contributed by atoms with van der Waals surface area (Å²) in [6.45, 7) is 0.926. The normalized spacial score (nSPS) is 21.9. The molecule has 0 saturated carbocycles. The third kappa shape index (κ3) is 1.19. The number of halogens is 1. The molecule has 0 atom stereocenters. The van der Waals surface area contributed by atoms with Crippen molar-refractivity contribution in [1.29, 1.82) is 0 Å². The standard InChI is InChI=1S/C11H10INO3/c1-13-9-3-2-7(12)6-8(9)11(10(13)14)15-4-5-16-11/h2-3,6H,4-5H2,1H3. The Kier molecular flexibility index (Phi) is 2.24. The summed E-state index contributed by atoms with van der Waals surface area (Å²) in [4.78, 5) is 13.8. The number of nitrogens with zero attached hydrogens (tertiary/aromatic N) is 1. The summed E-state index contributed by atoms with van der Waals surface area (Å²) in [6.07, 6.45) is 0. The molecule has 2 heterocycles. The molecule has 0 aliphatic carbocycles. The summed E-state index contributed by atoms with van der Waals surface area (Å²) in [7, 11) is 1.74. The molecule has 0 radical (unpaired) electrons. The third-order valence-corrected chi connectivity index (χ3v) is 3.63. The van der Waals surface area contributed by atoms with Crippen LogP contribution in [0.1, 0.15) is 5.56 Å². The van der Waals surface area contributed by atoms with Crippen LogP contribution in [0.5, 0.6) is 0 Å². The first-order valence-electron chi connectivity index (χ1n) is 5.01. The van der Waals surface area contributed by atoms with Gasteiger partial charge in [0.25, 0.3) is 11.7 Å². The highest BCUT2D eigenvalue weighted by molar-refractivity contribution is 14.1. The molecule has 2 aliphatic heterocycles. The molecule has 1 amide bonds. The second-order valence-electron chi connectivity index (χ2n) is 3.84. The molecule has 1 fully saturated rings. The highest BCUT2D eigenvalue weighted by Gasteiger charge is 2.55. The number of hydrogen-bond acceptors (Lipinski definition) is 3. The Balaban J connectivity index is 2.23. The van der Waals surface area contributed by atoms with Crippen LogP contribution in [0.4, 0.5) is 5.69 Å². The predicted molar refractivity (Wildman–Crippen MR) is 66.2 cm³/mol. The molecule has 2 aliphatic rings. The lowest BCUT2D eigenvalue weighted by molar-refractivity contribution is -0.180. The molecule has 5 heteroatoms. The second kappa shape index (κ2) is 3.41. The van der Waals surface area contributed by atoms with Crippen molar-refractivity contribution in [2.24, 2.45) is 0 Å². The lowest BCUT2D eigenvalue weighted by atomic mass is 10.1. The Bertz CT molecular complexity index is 468. The van der Waals surface area contributed by atoms with Crippen molar-refractivity contribution in [3.8, 4) is 0 Å². The number of hydrogen-bond donors (Lipinski definition) is 0. The summed E-state index contributed by atoms with van der Waals surface area (Å²) in [5.74, 6) is -1.31. The topological polar surface area (TPSA) is 38.8 Å². The Morgan fingerprint density at radius 1 is 1.38 bits per heavy atom. The molecule has 4 nitrogen and oxygen atoms in total. The summed E-state index contributed by atoms with van der Waals surface area (Å²) >= 11 is 2.22. The van der Waals surface area contributed by atoms with Crippen molar-refractivity contribution in [3.05, 3.63) is 27.3 Å². The van der Waals surface area contributed by atoms with E-state index in [0.29, 0.717) is 13.2 Å². The van der Waals surface area contributed by atoms with Crippen LogP contribution in [0.2, 0.25) is 0 Å². The van der Waals surface area contributed by atoms with Gasteiger partial charge in [0.15, 0.2) is 0 Å². The van der Waals surface area contributed by atoms with Crippen molar-refractivity contribution < 1.29 is 14.3 Å². The zero-order chi connectivity index (χ0) is 11.3. The minimum atomic E-state index is -1.18. The van der Waals surface area contributed by atoms with Crippen molar-refractivity contribution in [2.45, 2.75) is 5.79 Å². The maximum absolute atomic E-state index is 12.2. The van der Waals surface area contributed by atoms with Crippen LogP contribution in [0.3, 0.4) is 0 Å². The molecule has 3 rings (SSSR count). The van der Waals surface area contributed by atoms with Crippen LogP contribution in [0.25, 0.3) is 0 Å². The van der Waals surface area contributed by atoms with E-state index in [-0.39, 0.29) is 5.91 Å². The number of anilines is 1. The first-order chi connectivity index (χ1) is 7.65. The largest absolute Gasteiger partial charge is 0.336 e. The molecule has 0 N–H and O–H groups in total. The fourth-order valence-electron chi connectivity index (χ4n) is 2.20. The number of rotatable bonds is 0. The monoisotopic (exact) mass is 331 g/mol. The molecule has 0 aromatic heterocycles. The number of fused-ring (bicyclic) bond motifs is 2. The number of carbonyl (C=O) groups is 1. The van der Waals surface area contributed by atoms with Gasteiger partial charge in [-0.15, -0.1) is 0 Å². The van der Waals surface area contributed by atoms with E-state index in [1.54, 1.807) is 11.9 Å². The van der Waals surface area contributed by atoms with Gasteiger partial charge in [0.1, 0.15) is 0 Å². The first kappa shape index (κ1) is 10.5. The molecule has 16 heavy (non-hydrogen) atoms. The van der Waals surface area contributed by atoms with E-state index < -0.39 is 5.79 Å². The number of likely N-dealkylation sites (N-methyl/N-ethyl adjacent to an activating group) is 1. The zero-order valence-corrected chi connectivity index (χ0v) is 10.9. The van der Waals surface area contributed by atoms with Gasteiger partial charge in [0, 0.05) is 16.2 Å². The maximum atomic E-state index is 12.2. The van der Waals surface area contributed by atoms with Crippen LogP contribution in [0, 0.1) is 3.57 Å². The van der Waals surface area contributed by atoms with E-state index >= 15 is 0 Å². The number of benzene rings is 1. The lowest BCUT2D eigenvalue weighted by Gasteiger charge is -2.20. The van der Waals surface area contributed by atoms with E-state index in [2.05, 4.69) is 22.6 Å². The number of ether oxygens (including phenoxy) is 2. The Morgan fingerprint density at radius 2 is 2.06 bits per heavy atom. The smallest absolute Gasteiger partial charge is 0.292 e. The molecule has 1 aromatic carbocycles.